The first-order valence-electron chi connectivity index (χ1n) is 14.7. The average molecular weight is 690 g/mol. The number of carbonyl (C=O) groups excluding carboxylic acids is 2. The van der Waals surface area contributed by atoms with Gasteiger partial charge in [-0.05, 0) is 30.7 Å². The molecule has 6 heterocycles. The van der Waals surface area contributed by atoms with E-state index in [4.69, 9.17) is 21.1 Å². The number of halogens is 4. The topological polar surface area (TPSA) is 169 Å². The summed E-state index contributed by atoms with van der Waals surface area (Å²) < 4.78 is 52.7. The number of rotatable bonds is 7. The van der Waals surface area contributed by atoms with Crippen LogP contribution in [0.1, 0.15) is 34.6 Å². The summed E-state index contributed by atoms with van der Waals surface area (Å²) in [6, 6.07) is 4.56. The number of carbonyl (C=O) groups is 2. The Balaban J connectivity index is 1.35. The van der Waals surface area contributed by atoms with E-state index in [1.165, 1.54) is 34.1 Å². The number of aromatic nitrogens is 6. The van der Waals surface area contributed by atoms with Gasteiger partial charge in [-0.15, -0.1) is 5.10 Å². The summed E-state index contributed by atoms with van der Waals surface area (Å²) in [4.78, 5) is 55.6. The predicted octanol–water partition coefficient (Wildman–Crippen LogP) is 2.57. The predicted molar refractivity (Wildman–Crippen MR) is 163 cm³/mol. The second-order valence-electron chi connectivity index (χ2n) is 10.6. The van der Waals surface area contributed by atoms with E-state index >= 15 is 0 Å². The van der Waals surface area contributed by atoms with Gasteiger partial charge in [0.05, 0.1) is 11.4 Å². The lowest BCUT2D eigenvalue weighted by Crippen LogP contribution is -2.51. The van der Waals surface area contributed by atoms with Gasteiger partial charge in [0.1, 0.15) is 43.2 Å². The van der Waals surface area contributed by atoms with Gasteiger partial charge in [0.2, 0.25) is 23.3 Å². The van der Waals surface area contributed by atoms with E-state index in [1.807, 2.05) is 0 Å². The van der Waals surface area contributed by atoms with Crippen LogP contribution in [-0.2, 0) is 33.4 Å². The van der Waals surface area contributed by atoms with Crippen LogP contribution in [0.25, 0.3) is 11.5 Å². The summed E-state index contributed by atoms with van der Waals surface area (Å²) in [7, 11) is 0. The van der Waals surface area contributed by atoms with Crippen molar-refractivity contribution in [2.75, 3.05) is 49.6 Å². The molecule has 4 aromatic heterocycles. The highest BCUT2D eigenvalue weighted by molar-refractivity contribution is 6.32. The molecule has 0 aromatic carbocycles. The van der Waals surface area contributed by atoms with Crippen LogP contribution in [0.4, 0.5) is 24.5 Å². The molecule has 0 bridgehead atoms. The Hall–Kier alpha value is -5.39. The van der Waals surface area contributed by atoms with Crippen molar-refractivity contribution in [3.63, 3.8) is 0 Å². The van der Waals surface area contributed by atoms with E-state index < -0.39 is 40.9 Å². The molecule has 2 N–H and O–H groups in total. The number of pyridine rings is 2. The monoisotopic (exact) mass is 689 g/mol. The van der Waals surface area contributed by atoms with Crippen molar-refractivity contribution in [2.45, 2.75) is 26.1 Å². The van der Waals surface area contributed by atoms with E-state index in [-0.39, 0.29) is 79.4 Å². The van der Waals surface area contributed by atoms with Crippen LogP contribution in [0.15, 0.2) is 41.5 Å². The first-order chi connectivity index (χ1) is 23.0. The third-order valence-corrected chi connectivity index (χ3v) is 7.91. The first kappa shape index (κ1) is 32.5. The summed E-state index contributed by atoms with van der Waals surface area (Å²) in [6.07, 6.45) is -1.76. The van der Waals surface area contributed by atoms with Crippen LogP contribution in [0.2, 0.25) is 5.15 Å². The van der Waals surface area contributed by atoms with Crippen molar-refractivity contribution in [1.82, 2.24) is 34.0 Å². The normalized spacial score (nSPS) is 15.1. The Morgan fingerprint density at radius 2 is 1.88 bits per heavy atom. The molecule has 2 amide bonds. The molecule has 0 unspecified atom stereocenters. The molecular weight excluding hydrogens is 663 g/mol. The van der Waals surface area contributed by atoms with Gasteiger partial charge in [0.25, 0.3) is 11.5 Å². The quantitative estimate of drug-likeness (QED) is 0.274. The zero-order chi connectivity index (χ0) is 34.2. The molecule has 2 aliphatic heterocycles. The summed E-state index contributed by atoms with van der Waals surface area (Å²) in [5.74, 6) is -1.21. The Morgan fingerprint density at radius 3 is 2.52 bits per heavy atom. The van der Waals surface area contributed by atoms with E-state index in [0.717, 1.165) is 10.6 Å². The molecule has 252 valence electrons. The highest BCUT2D eigenvalue weighted by Gasteiger charge is 2.34. The van der Waals surface area contributed by atoms with Crippen molar-refractivity contribution in [3.8, 4) is 5.75 Å². The van der Waals surface area contributed by atoms with E-state index in [9.17, 15) is 32.7 Å². The summed E-state index contributed by atoms with van der Waals surface area (Å²) >= 11 is 5.97. The van der Waals surface area contributed by atoms with Gasteiger partial charge in [-0.3, -0.25) is 14.4 Å². The van der Waals surface area contributed by atoms with E-state index in [2.05, 4.69) is 25.4 Å². The lowest BCUT2D eigenvalue weighted by Gasteiger charge is -2.36. The maximum atomic E-state index is 14.0. The highest BCUT2D eigenvalue weighted by Crippen LogP contribution is 2.31. The number of piperazine rings is 1. The minimum atomic E-state index is -4.73. The van der Waals surface area contributed by atoms with Crippen LogP contribution < -0.4 is 15.8 Å². The Morgan fingerprint density at radius 1 is 1.10 bits per heavy atom. The van der Waals surface area contributed by atoms with Crippen molar-refractivity contribution in [3.05, 3.63) is 75.1 Å². The van der Waals surface area contributed by atoms with Gasteiger partial charge in [-0.25, -0.2) is 9.97 Å². The van der Waals surface area contributed by atoms with E-state index in [0.29, 0.717) is 18.4 Å². The average Bonchev–Trinajstić information content (AvgIpc) is 3.53. The molecule has 1 saturated heterocycles. The number of hydrogen-bond acceptors (Lipinski definition) is 11. The maximum absolute atomic E-state index is 14.0. The molecule has 2 aliphatic rings. The van der Waals surface area contributed by atoms with Gasteiger partial charge < -0.3 is 34.3 Å². The van der Waals surface area contributed by atoms with Crippen LogP contribution in [0.5, 0.6) is 5.75 Å². The molecule has 4 aromatic rings. The molecular formula is C29H27ClF3N9O6. The zero-order valence-electron chi connectivity index (χ0n) is 25.2. The SMILES string of the molecule is CCc1c(N2CCN(C(=O)c3ncccc3O)CC2)c(=O)n2nc(C3=COCCO3)nc2n1CC(=O)Nc1ccc(C(F)(F)F)nc1Cl. The third kappa shape index (κ3) is 6.29. The summed E-state index contributed by atoms with van der Waals surface area (Å²) in [5.41, 5.74) is -1.36. The lowest BCUT2D eigenvalue weighted by atomic mass is 10.2. The number of nitrogens with zero attached hydrogens (tertiary/aromatic N) is 8. The van der Waals surface area contributed by atoms with Gasteiger partial charge in [-0.2, -0.15) is 22.7 Å². The second-order valence-corrected chi connectivity index (χ2v) is 11.0. The Labute approximate surface area is 274 Å². The highest BCUT2D eigenvalue weighted by atomic mass is 35.5. The minimum absolute atomic E-state index is 0.00287. The van der Waals surface area contributed by atoms with E-state index in [1.54, 1.807) is 11.8 Å². The van der Waals surface area contributed by atoms with Gasteiger partial charge in [-0.1, -0.05) is 18.5 Å². The third-order valence-electron chi connectivity index (χ3n) is 7.62. The Kier molecular flexibility index (Phi) is 8.83. The standard InChI is InChI=1S/C29H27ClF3N9O6/c1-2-17-23(39-8-10-40(11-9-39)26(45)22-18(43)4-3-7-34-22)27(46)42-28(37-25(38-42)19-15-47-12-13-48-19)41(17)14-21(44)35-16-5-6-20(29(31,32)33)36-24(16)30/h3-7,15,43H,2,8-14H2,1H3,(H,35,44). The molecule has 6 rings (SSSR count). The fraction of sp³-hybridized carbons (Fsp3) is 0.345. The largest absolute Gasteiger partial charge is 0.505 e. The van der Waals surface area contributed by atoms with Crippen LogP contribution in [0, 0.1) is 0 Å². The maximum Gasteiger partial charge on any atom is 0.433 e. The number of amides is 2. The molecule has 15 nitrogen and oxygen atoms in total. The van der Waals surface area contributed by atoms with Crippen LogP contribution >= 0.6 is 11.6 Å². The number of hydrogen-bond donors (Lipinski definition) is 2. The fourth-order valence-electron chi connectivity index (χ4n) is 5.38. The number of anilines is 2. The molecule has 19 heteroatoms. The number of nitrogens with one attached hydrogen (secondary N) is 1. The van der Waals surface area contributed by atoms with Gasteiger partial charge in [0.15, 0.2) is 10.8 Å². The van der Waals surface area contributed by atoms with Crippen LogP contribution in [0.3, 0.4) is 0 Å². The number of alkyl halides is 3. The molecule has 1 fully saturated rings. The Bertz CT molecular complexity index is 1990. The smallest absolute Gasteiger partial charge is 0.433 e. The molecule has 0 radical (unpaired) electrons. The van der Waals surface area contributed by atoms with Crippen LogP contribution in [-0.4, -0.2) is 90.3 Å². The van der Waals surface area contributed by atoms with Crippen molar-refractivity contribution < 1.29 is 37.3 Å². The zero-order valence-corrected chi connectivity index (χ0v) is 26.0. The lowest BCUT2D eigenvalue weighted by molar-refractivity contribution is -0.141. The molecule has 0 aliphatic carbocycles. The van der Waals surface area contributed by atoms with Gasteiger partial charge >= 0.3 is 6.18 Å². The van der Waals surface area contributed by atoms with Crippen molar-refractivity contribution in [2.24, 2.45) is 0 Å². The summed E-state index contributed by atoms with van der Waals surface area (Å²) in [6.45, 7) is 2.69. The number of aromatic hydroxyl groups is 1. The number of ether oxygens (including phenoxy) is 2. The van der Waals surface area contributed by atoms with Crippen molar-refractivity contribution >= 4 is 46.3 Å². The molecule has 0 spiro atoms. The number of fused-ring (bicyclic) bond motifs is 1. The minimum Gasteiger partial charge on any atom is -0.505 e. The second kappa shape index (κ2) is 13.0. The van der Waals surface area contributed by atoms with Crippen molar-refractivity contribution in [1.29, 1.82) is 0 Å². The summed E-state index contributed by atoms with van der Waals surface area (Å²) in [5, 5.41) is 16.4. The fourth-order valence-corrected chi connectivity index (χ4v) is 5.58. The molecule has 0 saturated carbocycles. The first-order valence-corrected chi connectivity index (χ1v) is 15.0. The van der Waals surface area contributed by atoms with Gasteiger partial charge in [0, 0.05) is 32.4 Å². The molecule has 0 atom stereocenters. The molecule has 48 heavy (non-hydrogen) atoms.